The van der Waals surface area contributed by atoms with Crippen LogP contribution in [-0.2, 0) is 13.1 Å². The second-order valence-electron chi connectivity index (χ2n) is 5.96. The first kappa shape index (κ1) is 16.3. The Morgan fingerprint density at radius 1 is 1.08 bits per heavy atom. The van der Waals surface area contributed by atoms with Crippen molar-refractivity contribution in [3.63, 3.8) is 0 Å². The molecular weight excluding hydrogens is 302 g/mol. The Hall–Kier alpha value is -2.53. The van der Waals surface area contributed by atoms with Gasteiger partial charge in [0, 0.05) is 6.54 Å². The lowest BCUT2D eigenvalue weighted by Gasteiger charge is -2.14. The van der Waals surface area contributed by atoms with Crippen LogP contribution in [0.5, 0.6) is 11.5 Å². The summed E-state index contributed by atoms with van der Waals surface area (Å²) in [6, 6.07) is 14.0. The molecule has 24 heavy (non-hydrogen) atoms. The van der Waals surface area contributed by atoms with E-state index in [1.54, 1.807) is 7.11 Å². The van der Waals surface area contributed by atoms with E-state index in [4.69, 9.17) is 9.47 Å². The molecule has 0 aliphatic heterocycles. The monoisotopic (exact) mass is 325 g/mol. The molecule has 0 unspecified atom stereocenters. The summed E-state index contributed by atoms with van der Waals surface area (Å²) in [6.45, 7) is 5.42. The van der Waals surface area contributed by atoms with E-state index in [0.717, 1.165) is 40.5 Å². The van der Waals surface area contributed by atoms with E-state index in [2.05, 4.69) is 15.3 Å². The molecule has 0 bridgehead atoms. The maximum atomic E-state index is 5.74. The zero-order valence-corrected chi connectivity index (χ0v) is 14.3. The van der Waals surface area contributed by atoms with Crippen LogP contribution in [0.1, 0.15) is 25.2 Å². The molecule has 0 spiro atoms. The van der Waals surface area contributed by atoms with E-state index >= 15 is 0 Å². The number of fused-ring (bicyclic) bond motifs is 1. The highest BCUT2D eigenvalue weighted by Crippen LogP contribution is 2.28. The first-order valence-electron chi connectivity index (χ1n) is 8.13. The molecule has 0 amide bonds. The summed E-state index contributed by atoms with van der Waals surface area (Å²) in [5.74, 6) is 2.46. The number of rotatable bonds is 7. The third kappa shape index (κ3) is 3.86. The highest BCUT2D eigenvalue weighted by atomic mass is 16.5. The van der Waals surface area contributed by atoms with Crippen molar-refractivity contribution in [3.8, 4) is 11.5 Å². The molecule has 0 aliphatic rings. The molecule has 126 valence electrons. The zero-order valence-electron chi connectivity index (χ0n) is 14.3. The van der Waals surface area contributed by atoms with Gasteiger partial charge in [-0.1, -0.05) is 18.2 Å². The molecule has 3 aromatic rings. The minimum Gasteiger partial charge on any atom is -0.493 e. The van der Waals surface area contributed by atoms with Gasteiger partial charge >= 0.3 is 0 Å². The first-order valence-corrected chi connectivity index (χ1v) is 8.13. The number of imidazole rings is 1. The predicted molar refractivity (Wildman–Crippen MR) is 95.4 cm³/mol. The fourth-order valence-corrected chi connectivity index (χ4v) is 2.59. The van der Waals surface area contributed by atoms with E-state index in [0.29, 0.717) is 6.54 Å². The zero-order chi connectivity index (χ0) is 16.9. The van der Waals surface area contributed by atoms with Gasteiger partial charge < -0.3 is 19.8 Å². The smallest absolute Gasteiger partial charge is 0.161 e. The molecule has 1 heterocycles. The third-order valence-corrected chi connectivity index (χ3v) is 3.65. The van der Waals surface area contributed by atoms with Crippen LogP contribution in [0.3, 0.4) is 0 Å². The number of benzene rings is 2. The van der Waals surface area contributed by atoms with Crippen LogP contribution in [0.4, 0.5) is 0 Å². The molecule has 3 rings (SSSR count). The number of para-hydroxylation sites is 2. The van der Waals surface area contributed by atoms with Gasteiger partial charge in [0.2, 0.25) is 0 Å². The minimum absolute atomic E-state index is 0.121. The van der Waals surface area contributed by atoms with Crippen molar-refractivity contribution in [2.24, 2.45) is 0 Å². The van der Waals surface area contributed by atoms with Crippen molar-refractivity contribution in [1.29, 1.82) is 0 Å². The van der Waals surface area contributed by atoms with Crippen LogP contribution in [0.2, 0.25) is 0 Å². The van der Waals surface area contributed by atoms with Crippen LogP contribution in [0, 0.1) is 0 Å². The molecule has 0 radical (unpaired) electrons. The third-order valence-electron chi connectivity index (χ3n) is 3.65. The maximum Gasteiger partial charge on any atom is 0.161 e. The van der Waals surface area contributed by atoms with Crippen molar-refractivity contribution >= 4 is 11.0 Å². The van der Waals surface area contributed by atoms with Crippen LogP contribution in [-0.4, -0.2) is 23.2 Å². The van der Waals surface area contributed by atoms with Crippen LogP contribution in [0.15, 0.2) is 42.5 Å². The summed E-state index contributed by atoms with van der Waals surface area (Å²) < 4.78 is 11.2. The molecule has 5 heteroatoms. The fraction of sp³-hybridized carbons (Fsp3) is 0.316. The Balaban J connectivity index is 1.61. The van der Waals surface area contributed by atoms with Crippen molar-refractivity contribution < 1.29 is 9.47 Å². The van der Waals surface area contributed by atoms with Crippen molar-refractivity contribution in [1.82, 2.24) is 15.3 Å². The topological polar surface area (TPSA) is 59.2 Å². The molecule has 0 atom stereocenters. The minimum atomic E-state index is 0.121. The van der Waals surface area contributed by atoms with Crippen LogP contribution >= 0.6 is 0 Å². The normalized spacial score (nSPS) is 11.2. The molecule has 0 fully saturated rings. The van der Waals surface area contributed by atoms with Crippen molar-refractivity contribution in [2.45, 2.75) is 33.0 Å². The molecular formula is C19H23N3O2. The Labute approximate surface area is 142 Å². The SMILES string of the molecule is COc1cc(CNCc2nc3ccccc3[nH]2)ccc1OC(C)C. The lowest BCUT2D eigenvalue weighted by atomic mass is 10.2. The van der Waals surface area contributed by atoms with Crippen LogP contribution in [0.25, 0.3) is 11.0 Å². The summed E-state index contributed by atoms with van der Waals surface area (Å²) >= 11 is 0. The lowest BCUT2D eigenvalue weighted by molar-refractivity contribution is 0.230. The van der Waals surface area contributed by atoms with E-state index in [1.807, 2.05) is 56.3 Å². The molecule has 2 N–H and O–H groups in total. The maximum absolute atomic E-state index is 5.74. The largest absolute Gasteiger partial charge is 0.493 e. The van der Waals surface area contributed by atoms with Gasteiger partial charge in [0.05, 0.1) is 30.8 Å². The van der Waals surface area contributed by atoms with E-state index in [1.165, 1.54) is 0 Å². The highest BCUT2D eigenvalue weighted by Gasteiger charge is 2.08. The Morgan fingerprint density at radius 2 is 1.92 bits per heavy atom. The Bertz CT molecular complexity index is 778. The standard InChI is InChI=1S/C19H23N3O2/c1-13(2)24-17-9-8-14(10-18(17)23-3)11-20-12-19-21-15-6-4-5-7-16(15)22-19/h4-10,13,20H,11-12H2,1-3H3,(H,21,22). The van der Waals surface area contributed by atoms with Gasteiger partial charge in [0.1, 0.15) is 5.82 Å². The number of nitrogens with zero attached hydrogens (tertiary/aromatic N) is 1. The number of hydrogen-bond donors (Lipinski definition) is 2. The molecule has 0 aliphatic carbocycles. The van der Waals surface area contributed by atoms with Gasteiger partial charge in [-0.05, 0) is 43.7 Å². The van der Waals surface area contributed by atoms with Crippen LogP contribution < -0.4 is 14.8 Å². The molecule has 2 aromatic carbocycles. The number of aromatic amines is 1. The number of nitrogens with one attached hydrogen (secondary N) is 2. The molecule has 0 saturated carbocycles. The van der Waals surface area contributed by atoms with Crippen molar-refractivity contribution in [3.05, 3.63) is 53.9 Å². The second-order valence-corrected chi connectivity index (χ2v) is 5.96. The summed E-state index contributed by atoms with van der Waals surface area (Å²) in [7, 11) is 1.66. The van der Waals surface area contributed by atoms with Gasteiger partial charge in [-0.3, -0.25) is 0 Å². The Morgan fingerprint density at radius 3 is 2.67 bits per heavy atom. The average Bonchev–Trinajstić information content (AvgIpc) is 2.98. The molecule has 1 aromatic heterocycles. The molecule has 5 nitrogen and oxygen atoms in total. The number of H-pyrrole nitrogens is 1. The van der Waals surface area contributed by atoms with E-state index < -0.39 is 0 Å². The van der Waals surface area contributed by atoms with Gasteiger partial charge in [-0.25, -0.2) is 4.98 Å². The summed E-state index contributed by atoms with van der Waals surface area (Å²) in [5, 5.41) is 3.40. The number of hydrogen-bond acceptors (Lipinski definition) is 4. The lowest BCUT2D eigenvalue weighted by Crippen LogP contribution is -2.14. The number of methoxy groups -OCH3 is 1. The quantitative estimate of drug-likeness (QED) is 0.696. The predicted octanol–water partition coefficient (Wildman–Crippen LogP) is 3.65. The highest BCUT2D eigenvalue weighted by molar-refractivity contribution is 5.74. The van der Waals surface area contributed by atoms with Gasteiger partial charge in [0.25, 0.3) is 0 Å². The molecule has 0 saturated heterocycles. The van der Waals surface area contributed by atoms with Gasteiger partial charge in [0.15, 0.2) is 11.5 Å². The fourth-order valence-electron chi connectivity index (χ4n) is 2.59. The number of ether oxygens (including phenoxy) is 2. The summed E-state index contributed by atoms with van der Waals surface area (Å²) in [5.41, 5.74) is 3.19. The second kappa shape index (κ2) is 7.36. The van der Waals surface area contributed by atoms with E-state index in [9.17, 15) is 0 Å². The number of aromatic nitrogens is 2. The first-order chi connectivity index (χ1) is 11.7. The van der Waals surface area contributed by atoms with Crippen molar-refractivity contribution in [2.75, 3.05) is 7.11 Å². The summed E-state index contributed by atoms with van der Waals surface area (Å²) in [6.07, 6.45) is 0.121. The Kier molecular flexibility index (Phi) is 5.01. The van der Waals surface area contributed by atoms with Gasteiger partial charge in [-0.15, -0.1) is 0 Å². The van der Waals surface area contributed by atoms with Gasteiger partial charge in [-0.2, -0.15) is 0 Å². The van der Waals surface area contributed by atoms with E-state index in [-0.39, 0.29) is 6.10 Å². The average molecular weight is 325 g/mol. The summed E-state index contributed by atoms with van der Waals surface area (Å²) in [4.78, 5) is 7.88.